The van der Waals surface area contributed by atoms with Crippen molar-refractivity contribution >= 4 is 58.3 Å². The first-order valence-corrected chi connectivity index (χ1v) is 7.07. The van der Waals surface area contributed by atoms with E-state index >= 15 is 0 Å². The molecule has 4 nitrogen and oxygen atoms in total. The number of ether oxygens (including phenoxy) is 2. The largest absolute Gasteiger partial charge is 0.461 e. The van der Waals surface area contributed by atoms with Crippen LogP contribution in [-0.4, -0.2) is 22.3 Å². The monoisotopic (exact) mass is 376 g/mol. The van der Waals surface area contributed by atoms with Crippen molar-refractivity contribution in [2.75, 3.05) is 6.61 Å². The zero-order valence-electron chi connectivity index (χ0n) is 10.4. The molecule has 0 saturated carbocycles. The van der Waals surface area contributed by atoms with Crippen molar-refractivity contribution in [3.05, 3.63) is 29.0 Å². The van der Waals surface area contributed by atoms with Gasteiger partial charge in [-0.15, -0.1) is 0 Å². The summed E-state index contributed by atoms with van der Waals surface area (Å²) < 4.78 is 21.0. The normalized spacial score (nSPS) is 11.1. The molecular weight excluding hydrogens is 369 g/mol. The van der Waals surface area contributed by atoms with Gasteiger partial charge in [-0.2, -0.15) is 0 Å². The van der Waals surface area contributed by atoms with Crippen molar-refractivity contribution in [3.8, 4) is 5.75 Å². The Morgan fingerprint density at radius 2 is 1.76 bits per heavy atom. The zero-order chi connectivity index (χ0) is 16.0. The number of hydrogen-bond acceptors (Lipinski definition) is 4. The van der Waals surface area contributed by atoms with E-state index in [9.17, 15) is 14.0 Å². The minimum atomic E-state index is -1.73. The molecule has 0 saturated heterocycles. The van der Waals surface area contributed by atoms with Gasteiger partial charge in [0.15, 0.2) is 11.6 Å². The molecule has 21 heavy (non-hydrogen) atoms. The Morgan fingerprint density at radius 3 is 2.33 bits per heavy atom. The van der Waals surface area contributed by atoms with Crippen LogP contribution in [0.15, 0.2) is 18.2 Å². The topological polar surface area (TPSA) is 52.6 Å². The second-order valence-corrected chi connectivity index (χ2v) is 6.72. The van der Waals surface area contributed by atoms with Crippen LogP contribution < -0.4 is 4.74 Å². The van der Waals surface area contributed by atoms with E-state index in [-0.39, 0.29) is 23.6 Å². The highest BCUT2D eigenvalue weighted by atomic mass is 35.6. The standard InChI is InChI=1S/C12H9Cl4FO4/c13-7-2-1-3-8(17)11(7)21-10(19)5-4-9(18)20-6-12(14,15)16/h1-3H,4-6H2. The molecule has 0 aliphatic heterocycles. The maximum atomic E-state index is 13.4. The first-order valence-electron chi connectivity index (χ1n) is 5.56. The molecule has 1 aromatic rings. The fourth-order valence-corrected chi connectivity index (χ4v) is 1.55. The number of alkyl halides is 3. The summed E-state index contributed by atoms with van der Waals surface area (Å²) in [5.74, 6) is -2.76. The summed E-state index contributed by atoms with van der Waals surface area (Å²) >= 11 is 21.8. The lowest BCUT2D eigenvalue weighted by atomic mass is 10.3. The molecular formula is C12H9Cl4FO4. The van der Waals surface area contributed by atoms with Gasteiger partial charge in [0.25, 0.3) is 0 Å². The molecule has 0 unspecified atom stereocenters. The fourth-order valence-electron chi connectivity index (χ4n) is 1.18. The number of carbonyl (C=O) groups excluding carboxylic acids is 2. The Balaban J connectivity index is 2.43. The highest BCUT2D eigenvalue weighted by molar-refractivity contribution is 6.67. The molecule has 0 aliphatic rings. The van der Waals surface area contributed by atoms with Gasteiger partial charge in [0.05, 0.1) is 17.9 Å². The van der Waals surface area contributed by atoms with Crippen LogP contribution in [0.2, 0.25) is 5.02 Å². The molecule has 0 atom stereocenters. The van der Waals surface area contributed by atoms with Crippen LogP contribution in [0.5, 0.6) is 5.75 Å². The van der Waals surface area contributed by atoms with E-state index in [1.54, 1.807) is 0 Å². The molecule has 116 valence electrons. The van der Waals surface area contributed by atoms with E-state index in [4.69, 9.17) is 51.1 Å². The molecule has 0 fully saturated rings. The maximum Gasteiger partial charge on any atom is 0.311 e. The van der Waals surface area contributed by atoms with E-state index in [0.29, 0.717) is 0 Å². The summed E-state index contributed by atoms with van der Waals surface area (Å²) in [7, 11) is 0. The summed E-state index contributed by atoms with van der Waals surface area (Å²) in [5, 5.41) is -0.0536. The highest BCUT2D eigenvalue weighted by Gasteiger charge is 2.22. The third kappa shape index (κ3) is 7.18. The second kappa shape index (κ2) is 8.03. The van der Waals surface area contributed by atoms with Crippen molar-refractivity contribution in [2.45, 2.75) is 16.6 Å². The van der Waals surface area contributed by atoms with Gasteiger partial charge in [-0.25, -0.2) is 4.39 Å². The van der Waals surface area contributed by atoms with Crippen LogP contribution in [0, 0.1) is 5.82 Å². The van der Waals surface area contributed by atoms with Gasteiger partial charge in [-0.3, -0.25) is 9.59 Å². The van der Waals surface area contributed by atoms with Crippen LogP contribution >= 0.6 is 46.4 Å². The van der Waals surface area contributed by atoms with Crippen LogP contribution in [0.3, 0.4) is 0 Å². The van der Waals surface area contributed by atoms with E-state index in [1.165, 1.54) is 12.1 Å². The Hall–Kier alpha value is -0.750. The first kappa shape index (κ1) is 18.3. The molecule has 0 aromatic heterocycles. The Bertz CT molecular complexity index is 510. The second-order valence-electron chi connectivity index (χ2n) is 3.80. The predicted molar refractivity (Wildman–Crippen MR) is 77.5 cm³/mol. The van der Waals surface area contributed by atoms with Gasteiger partial charge < -0.3 is 9.47 Å². The lowest BCUT2D eigenvalue weighted by Crippen LogP contribution is -2.18. The summed E-state index contributed by atoms with van der Waals surface area (Å²) in [5.41, 5.74) is 0. The third-order valence-electron chi connectivity index (χ3n) is 2.06. The molecule has 0 radical (unpaired) electrons. The molecule has 0 amide bonds. The zero-order valence-corrected chi connectivity index (χ0v) is 13.4. The van der Waals surface area contributed by atoms with Gasteiger partial charge in [0, 0.05) is 0 Å². The molecule has 0 N–H and O–H groups in total. The van der Waals surface area contributed by atoms with Gasteiger partial charge >= 0.3 is 11.9 Å². The fraction of sp³-hybridized carbons (Fsp3) is 0.333. The summed E-state index contributed by atoms with van der Waals surface area (Å²) in [6.07, 6.45) is -0.630. The van der Waals surface area contributed by atoms with Gasteiger partial charge in [0.1, 0.15) is 6.61 Å². The average molecular weight is 378 g/mol. The van der Waals surface area contributed by atoms with Crippen molar-refractivity contribution in [1.29, 1.82) is 0 Å². The quantitative estimate of drug-likeness (QED) is 0.440. The van der Waals surface area contributed by atoms with Crippen molar-refractivity contribution in [1.82, 2.24) is 0 Å². The molecule has 9 heteroatoms. The van der Waals surface area contributed by atoms with Crippen molar-refractivity contribution in [2.24, 2.45) is 0 Å². The number of hydrogen-bond donors (Lipinski definition) is 0. The minimum absolute atomic E-state index is 0.0536. The van der Waals surface area contributed by atoms with Crippen LogP contribution in [-0.2, 0) is 14.3 Å². The number of para-hydroxylation sites is 1. The van der Waals surface area contributed by atoms with Gasteiger partial charge in [-0.05, 0) is 12.1 Å². The molecule has 1 aromatic carbocycles. The van der Waals surface area contributed by atoms with E-state index in [0.717, 1.165) is 6.07 Å². The first-order chi connectivity index (χ1) is 9.69. The van der Waals surface area contributed by atoms with E-state index < -0.39 is 28.2 Å². The van der Waals surface area contributed by atoms with E-state index in [2.05, 4.69) is 4.74 Å². The average Bonchev–Trinajstić information content (AvgIpc) is 2.37. The smallest absolute Gasteiger partial charge is 0.311 e. The Morgan fingerprint density at radius 1 is 1.14 bits per heavy atom. The summed E-state index contributed by atoms with van der Waals surface area (Å²) in [6.45, 7) is -0.440. The maximum absolute atomic E-state index is 13.4. The number of benzene rings is 1. The van der Waals surface area contributed by atoms with Gasteiger partial charge in [0.2, 0.25) is 3.79 Å². The Kier molecular flexibility index (Phi) is 7.00. The summed E-state index contributed by atoms with van der Waals surface area (Å²) in [6, 6.07) is 3.81. The number of carbonyl (C=O) groups is 2. The SMILES string of the molecule is O=C(CCC(=O)Oc1c(F)cccc1Cl)OCC(Cl)(Cl)Cl. The van der Waals surface area contributed by atoms with Crippen molar-refractivity contribution < 1.29 is 23.5 Å². The van der Waals surface area contributed by atoms with E-state index in [1.807, 2.05) is 0 Å². The van der Waals surface area contributed by atoms with Gasteiger partial charge in [-0.1, -0.05) is 52.5 Å². The van der Waals surface area contributed by atoms with Crippen LogP contribution in [0.4, 0.5) is 4.39 Å². The molecule has 0 aliphatic carbocycles. The molecule has 1 rings (SSSR count). The molecule has 0 heterocycles. The van der Waals surface area contributed by atoms with Crippen LogP contribution in [0.1, 0.15) is 12.8 Å². The lowest BCUT2D eigenvalue weighted by Gasteiger charge is -2.11. The number of esters is 2. The Labute approximate surface area is 140 Å². The molecule has 0 spiro atoms. The third-order valence-corrected chi connectivity index (χ3v) is 2.69. The lowest BCUT2D eigenvalue weighted by molar-refractivity contribution is -0.146. The number of rotatable bonds is 5. The predicted octanol–water partition coefficient (Wildman–Crippen LogP) is 4.08. The van der Waals surface area contributed by atoms with Crippen LogP contribution in [0.25, 0.3) is 0 Å². The number of halogens is 5. The molecule has 0 bridgehead atoms. The minimum Gasteiger partial charge on any atom is -0.461 e. The summed E-state index contributed by atoms with van der Waals surface area (Å²) in [4.78, 5) is 22.8. The van der Waals surface area contributed by atoms with Crippen molar-refractivity contribution in [3.63, 3.8) is 0 Å². The highest BCUT2D eigenvalue weighted by Crippen LogP contribution is 2.28.